The van der Waals surface area contributed by atoms with Crippen LogP contribution in [-0.2, 0) is 4.79 Å². The van der Waals surface area contributed by atoms with E-state index in [1.54, 1.807) is 0 Å². The van der Waals surface area contributed by atoms with Crippen LogP contribution in [0.4, 0.5) is 9.52 Å². The van der Waals surface area contributed by atoms with Gasteiger partial charge in [0.15, 0.2) is 5.13 Å². The van der Waals surface area contributed by atoms with Gasteiger partial charge < -0.3 is 10.6 Å². The van der Waals surface area contributed by atoms with Crippen molar-refractivity contribution in [2.75, 3.05) is 11.9 Å². The average Bonchev–Trinajstić information content (AvgIpc) is 2.95. The Bertz CT molecular complexity index is 676. The lowest BCUT2D eigenvalue weighted by atomic mass is 10.1. The maximum absolute atomic E-state index is 13.1. The second-order valence-electron chi connectivity index (χ2n) is 5.23. The van der Waals surface area contributed by atoms with Gasteiger partial charge in [-0.15, -0.1) is 12.4 Å². The van der Waals surface area contributed by atoms with Crippen LogP contribution in [0.3, 0.4) is 0 Å². The fourth-order valence-electron chi connectivity index (χ4n) is 2.51. The predicted molar refractivity (Wildman–Crippen MR) is 86.3 cm³/mol. The molecule has 2 atom stereocenters. The molecule has 2 heterocycles. The van der Waals surface area contributed by atoms with Crippen molar-refractivity contribution in [2.45, 2.75) is 32.5 Å². The molecule has 0 spiro atoms. The molecule has 2 N–H and O–H groups in total. The number of alkyl halides is 1. The van der Waals surface area contributed by atoms with Gasteiger partial charge >= 0.3 is 0 Å². The van der Waals surface area contributed by atoms with Gasteiger partial charge in [0, 0.05) is 13.0 Å². The molecule has 1 aromatic carbocycles. The van der Waals surface area contributed by atoms with E-state index < -0.39 is 12.2 Å². The molecule has 1 saturated heterocycles. The van der Waals surface area contributed by atoms with Crippen molar-refractivity contribution in [1.29, 1.82) is 0 Å². The summed E-state index contributed by atoms with van der Waals surface area (Å²) in [6.07, 6.45) is -0.708. The Labute approximate surface area is 132 Å². The molecule has 7 heteroatoms. The minimum atomic E-state index is -0.939. The number of carbonyl (C=O) groups is 1. The van der Waals surface area contributed by atoms with E-state index in [1.807, 2.05) is 13.8 Å². The molecule has 4 nitrogen and oxygen atoms in total. The lowest BCUT2D eigenvalue weighted by Gasteiger charge is -2.08. The van der Waals surface area contributed by atoms with E-state index in [9.17, 15) is 9.18 Å². The second-order valence-corrected chi connectivity index (χ2v) is 6.26. The first-order valence-corrected chi connectivity index (χ1v) is 7.40. The highest BCUT2D eigenvalue weighted by atomic mass is 35.5. The topological polar surface area (TPSA) is 54.0 Å². The van der Waals surface area contributed by atoms with Crippen LogP contribution in [0, 0.1) is 13.8 Å². The van der Waals surface area contributed by atoms with E-state index in [0.29, 0.717) is 5.13 Å². The third kappa shape index (κ3) is 3.33. The number of benzene rings is 1. The Morgan fingerprint density at radius 1 is 1.48 bits per heavy atom. The number of amides is 1. The Hall–Kier alpha value is -1.24. The Morgan fingerprint density at radius 3 is 2.90 bits per heavy atom. The van der Waals surface area contributed by atoms with Crippen molar-refractivity contribution in [3.8, 4) is 0 Å². The molecule has 1 amide bonds. The van der Waals surface area contributed by atoms with E-state index in [-0.39, 0.29) is 31.3 Å². The summed E-state index contributed by atoms with van der Waals surface area (Å²) in [5, 5.41) is 6.22. The highest BCUT2D eigenvalue weighted by Crippen LogP contribution is 2.29. The van der Waals surface area contributed by atoms with Gasteiger partial charge in [-0.05, 0) is 31.0 Å². The van der Waals surface area contributed by atoms with E-state index in [2.05, 4.69) is 27.8 Å². The monoisotopic (exact) mass is 329 g/mol. The van der Waals surface area contributed by atoms with Crippen molar-refractivity contribution in [3.63, 3.8) is 0 Å². The molecule has 0 saturated carbocycles. The predicted octanol–water partition coefficient (Wildman–Crippen LogP) is 2.97. The number of hydrogen-bond acceptors (Lipinski definition) is 4. The summed E-state index contributed by atoms with van der Waals surface area (Å²) >= 11 is 1.45. The van der Waals surface area contributed by atoms with Crippen LogP contribution in [0.25, 0.3) is 10.2 Å². The molecule has 3 rings (SSSR count). The van der Waals surface area contributed by atoms with E-state index in [4.69, 9.17) is 0 Å². The van der Waals surface area contributed by atoms with Gasteiger partial charge in [0.2, 0.25) is 5.91 Å². The Kier molecular flexibility index (Phi) is 4.81. The molecule has 0 aliphatic carbocycles. The van der Waals surface area contributed by atoms with Crippen LogP contribution in [0.1, 0.15) is 17.5 Å². The van der Waals surface area contributed by atoms with Crippen LogP contribution in [0.5, 0.6) is 0 Å². The van der Waals surface area contributed by atoms with Gasteiger partial charge in [0.1, 0.15) is 6.17 Å². The molecule has 0 unspecified atom stereocenters. The number of halogens is 2. The fourth-order valence-corrected chi connectivity index (χ4v) is 3.55. The second kappa shape index (κ2) is 6.25. The van der Waals surface area contributed by atoms with Crippen molar-refractivity contribution >= 4 is 45.0 Å². The SMILES string of the molecule is Cc1cc(C)c2nc(NC(=O)[C@H]3C[C@H](F)CN3)sc2c1.Cl. The summed E-state index contributed by atoms with van der Waals surface area (Å²) in [5.41, 5.74) is 3.19. The molecule has 114 valence electrons. The zero-order valence-electron chi connectivity index (χ0n) is 11.8. The minimum absolute atomic E-state index is 0. The molecule has 1 aliphatic rings. The van der Waals surface area contributed by atoms with E-state index >= 15 is 0 Å². The number of fused-ring (bicyclic) bond motifs is 1. The summed E-state index contributed by atoms with van der Waals surface area (Å²) < 4.78 is 14.1. The molecule has 1 aliphatic heterocycles. The maximum atomic E-state index is 13.1. The Morgan fingerprint density at radius 2 is 2.24 bits per heavy atom. The molecule has 2 aromatic rings. The standard InChI is InChI=1S/C14H16FN3OS.ClH/c1-7-3-8(2)12-11(4-7)20-14(17-12)18-13(19)10-5-9(15)6-16-10;/h3-4,9-10,16H,5-6H2,1-2H3,(H,17,18,19);1H/t9-,10+;/m0./s1. The molecule has 1 fully saturated rings. The number of aryl methyl sites for hydroxylation is 2. The fraction of sp³-hybridized carbons (Fsp3) is 0.429. The lowest BCUT2D eigenvalue weighted by molar-refractivity contribution is -0.117. The van der Waals surface area contributed by atoms with Gasteiger partial charge in [-0.1, -0.05) is 17.4 Å². The number of nitrogens with one attached hydrogen (secondary N) is 2. The summed E-state index contributed by atoms with van der Waals surface area (Å²) in [6, 6.07) is 3.67. The van der Waals surface area contributed by atoms with E-state index in [0.717, 1.165) is 15.8 Å². The van der Waals surface area contributed by atoms with Gasteiger partial charge in [0.25, 0.3) is 0 Å². The zero-order chi connectivity index (χ0) is 14.3. The number of thiazole rings is 1. The largest absolute Gasteiger partial charge is 0.303 e. The molecular formula is C14H17ClFN3OS. The summed E-state index contributed by atoms with van der Waals surface area (Å²) in [7, 11) is 0. The van der Waals surface area contributed by atoms with Crippen LogP contribution in [0.2, 0.25) is 0 Å². The summed E-state index contributed by atoms with van der Waals surface area (Å²) in [4.78, 5) is 16.5. The number of aromatic nitrogens is 1. The third-order valence-corrected chi connectivity index (χ3v) is 4.37. The van der Waals surface area contributed by atoms with Gasteiger partial charge in [0.05, 0.1) is 16.3 Å². The summed E-state index contributed by atoms with van der Waals surface area (Å²) in [6.45, 7) is 4.29. The van der Waals surface area contributed by atoms with Crippen LogP contribution in [0.15, 0.2) is 12.1 Å². The molecule has 1 aromatic heterocycles. The lowest BCUT2D eigenvalue weighted by Crippen LogP contribution is -2.35. The quantitative estimate of drug-likeness (QED) is 0.890. The van der Waals surface area contributed by atoms with Crippen LogP contribution < -0.4 is 10.6 Å². The van der Waals surface area contributed by atoms with Crippen molar-refractivity contribution in [2.24, 2.45) is 0 Å². The van der Waals surface area contributed by atoms with E-state index in [1.165, 1.54) is 16.9 Å². The normalized spacial score (nSPS) is 21.3. The number of anilines is 1. The van der Waals surface area contributed by atoms with Gasteiger partial charge in [-0.25, -0.2) is 9.37 Å². The number of rotatable bonds is 2. The third-order valence-electron chi connectivity index (χ3n) is 3.45. The number of hydrogen-bond donors (Lipinski definition) is 2. The molecular weight excluding hydrogens is 313 g/mol. The Balaban J connectivity index is 0.00000161. The minimum Gasteiger partial charge on any atom is -0.303 e. The molecule has 21 heavy (non-hydrogen) atoms. The summed E-state index contributed by atoms with van der Waals surface area (Å²) in [5.74, 6) is -0.210. The first-order valence-electron chi connectivity index (χ1n) is 6.59. The van der Waals surface area contributed by atoms with Crippen molar-refractivity contribution < 1.29 is 9.18 Å². The smallest absolute Gasteiger partial charge is 0.243 e. The maximum Gasteiger partial charge on any atom is 0.243 e. The van der Waals surface area contributed by atoms with Crippen molar-refractivity contribution in [3.05, 3.63) is 23.3 Å². The highest BCUT2D eigenvalue weighted by molar-refractivity contribution is 7.22. The molecule has 0 radical (unpaired) electrons. The van der Waals surface area contributed by atoms with Crippen molar-refractivity contribution in [1.82, 2.24) is 10.3 Å². The van der Waals surface area contributed by atoms with Gasteiger partial charge in [-0.3, -0.25) is 4.79 Å². The van der Waals surface area contributed by atoms with Gasteiger partial charge in [-0.2, -0.15) is 0 Å². The highest BCUT2D eigenvalue weighted by Gasteiger charge is 2.29. The first-order chi connectivity index (χ1) is 9.52. The van der Waals surface area contributed by atoms with Crippen LogP contribution >= 0.6 is 23.7 Å². The number of nitrogens with zero attached hydrogens (tertiary/aromatic N) is 1. The first kappa shape index (κ1) is 16.1. The molecule has 0 bridgehead atoms. The van der Waals surface area contributed by atoms with Crippen LogP contribution in [-0.4, -0.2) is 29.6 Å². The number of carbonyl (C=O) groups excluding carboxylic acids is 1. The zero-order valence-corrected chi connectivity index (χ0v) is 13.4. The average molecular weight is 330 g/mol.